The molecule has 0 heterocycles. The molecule has 13 heavy (non-hydrogen) atoms. The molecule has 1 atom stereocenters. The second-order valence-electron chi connectivity index (χ2n) is 2.70. The number of aliphatic hydroxyl groups excluding tert-OH is 1. The highest BCUT2D eigenvalue weighted by molar-refractivity contribution is 7.99. The minimum Gasteiger partial charge on any atom is -0.394 e. The first-order valence-corrected chi connectivity index (χ1v) is 5.33. The van der Waals surface area contributed by atoms with Crippen LogP contribution in [0, 0.1) is 0 Å². The zero-order valence-corrected chi connectivity index (χ0v) is 8.89. The molecule has 0 aromatic carbocycles. The smallest absolute Gasteiger partial charge is 0.230 e. The van der Waals surface area contributed by atoms with Crippen molar-refractivity contribution in [2.45, 2.75) is 13.0 Å². The molecule has 0 bridgehead atoms. The summed E-state index contributed by atoms with van der Waals surface area (Å²) < 4.78 is 4.83. The normalized spacial score (nSPS) is 12.5. The second-order valence-corrected chi connectivity index (χ2v) is 3.80. The SMILES string of the molecule is COCCSCC(=O)NC(C)CO. The molecule has 0 radical (unpaired) electrons. The van der Waals surface area contributed by atoms with Crippen LogP contribution >= 0.6 is 11.8 Å². The Kier molecular flexibility index (Phi) is 8.18. The standard InChI is InChI=1S/C8H17NO3S/c1-7(5-10)9-8(11)6-13-4-3-12-2/h7,10H,3-6H2,1-2H3,(H,9,11). The fourth-order valence-electron chi connectivity index (χ4n) is 0.669. The Morgan fingerprint density at radius 2 is 2.38 bits per heavy atom. The number of carbonyl (C=O) groups excluding carboxylic acids is 1. The number of hydrogen-bond acceptors (Lipinski definition) is 4. The Balaban J connectivity index is 3.30. The van der Waals surface area contributed by atoms with Crippen LogP contribution in [0.3, 0.4) is 0 Å². The first kappa shape index (κ1) is 12.7. The molecule has 4 nitrogen and oxygen atoms in total. The average molecular weight is 207 g/mol. The van der Waals surface area contributed by atoms with Crippen molar-refractivity contribution in [3.63, 3.8) is 0 Å². The number of thioether (sulfide) groups is 1. The summed E-state index contributed by atoms with van der Waals surface area (Å²) in [4.78, 5) is 11.1. The molecule has 5 heteroatoms. The van der Waals surface area contributed by atoms with Crippen molar-refractivity contribution in [2.75, 3.05) is 31.8 Å². The molecule has 0 aromatic rings. The van der Waals surface area contributed by atoms with Gasteiger partial charge in [-0.3, -0.25) is 4.79 Å². The lowest BCUT2D eigenvalue weighted by Crippen LogP contribution is -2.36. The molecule has 0 aliphatic rings. The second kappa shape index (κ2) is 8.34. The lowest BCUT2D eigenvalue weighted by molar-refractivity contribution is -0.119. The number of carbonyl (C=O) groups is 1. The maximum atomic E-state index is 11.1. The topological polar surface area (TPSA) is 58.6 Å². The Morgan fingerprint density at radius 3 is 2.92 bits per heavy atom. The van der Waals surface area contributed by atoms with Gasteiger partial charge in [0.05, 0.1) is 19.0 Å². The molecule has 0 spiro atoms. The van der Waals surface area contributed by atoms with Crippen molar-refractivity contribution in [1.82, 2.24) is 5.32 Å². The van der Waals surface area contributed by atoms with Gasteiger partial charge in [-0.15, -0.1) is 11.8 Å². The molecule has 0 aromatic heterocycles. The summed E-state index contributed by atoms with van der Waals surface area (Å²) in [5, 5.41) is 11.3. The highest BCUT2D eigenvalue weighted by Crippen LogP contribution is 1.98. The van der Waals surface area contributed by atoms with Crippen molar-refractivity contribution in [1.29, 1.82) is 0 Å². The van der Waals surface area contributed by atoms with Crippen molar-refractivity contribution >= 4 is 17.7 Å². The molecular formula is C8H17NO3S. The van der Waals surface area contributed by atoms with Crippen molar-refractivity contribution in [2.24, 2.45) is 0 Å². The summed E-state index contributed by atoms with van der Waals surface area (Å²) >= 11 is 1.52. The van der Waals surface area contributed by atoms with E-state index >= 15 is 0 Å². The maximum Gasteiger partial charge on any atom is 0.230 e. The Morgan fingerprint density at radius 1 is 1.69 bits per heavy atom. The summed E-state index contributed by atoms with van der Waals surface area (Å²) in [6, 6.07) is -0.157. The van der Waals surface area contributed by atoms with E-state index in [0.29, 0.717) is 12.4 Å². The van der Waals surface area contributed by atoms with Gasteiger partial charge >= 0.3 is 0 Å². The molecular weight excluding hydrogens is 190 g/mol. The van der Waals surface area contributed by atoms with E-state index in [1.807, 2.05) is 0 Å². The Bertz CT molecular complexity index is 143. The van der Waals surface area contributed by atoms with Crippen molar-refractivity contribution in [3.8, 4) is 0 Å². The summed E-state index contributed by atoms with van der Waals surface area (Å²) in [6.07, 6.45) is 0. The van der Waals surface area contributed by atoms with E-state index in [4.69, 9.17) is 9.84 Å². The fourth-order valence-corrected chi connectivity index (χ4v) is 1.37. The summed E-state index contributed by atoms with van der Waals surface area (Å²) in [5.41, 5.74) is 0. The van der Waals surface area contributed by atoms with Crippen LogP contribution in [0.4, 0.5) is 0 Å². The molecule has 78 valence electrons. The number of methoxy groups -OCH3 is 1. The summed E-state index contributed by atoms with van der Waals surface area (Å²) in [5.74, 6) is 1.20. The lowest BCUT2D eigenvalue weighted by Gasteiger charge is -2.09. The van der Waals surface area contributed by atoms with Crippen LogP contribution in [-0.4, -0.2) is 48.9 Å². The van der Waals surface area contributed by atoms with E-state index in [2.05, 4.69) is 5.32 Å². The molecule has 1 unspecified atom stereocenters. The van der Waals surface area contributed by atoms with Crippen LogP contribution in [-0.2, 0) is 9.53 Å². The molecule has 0 aliphatic heterocycles. The highest BCUT2D eigenvalue weighted by atomic mass is 32.2. The predicted octanol–water partition coefficient (Wildman–Crippen LogP) is -0.137. The molecule has 0 saturated heterocycles. The van der Waals surface area contributed by atoms with E-state index in [1.54, 1.807) is 14.0 Å². The number of nitrogens with one attached hydrogen (secondary N) is 1. The first-order chi connectivity index (χ1) is 6.20. The molecule has 0 rings (SSSR count). The van der Waals surface area contributed by atoms with E-state index in [1.165, 1.54) is 11.8 Å². The quantitative estimate of drug-likeness (QED) is 0.571. The third kappa shape index (κ3) is 8.08. The third-order valence-electron chi connectivity index (χ3n) is 1.35. The molecule has 1 amide bonds. The van der Waals surface area contributed by atoms with Gasteiger partial charge in [0.25, 0.3) is 0 Å². The van der Waals surface area contributed by atoms with Crippen LogP contribution in [0.15, 0.2) is 0 Å². The summed E-state index contributed by atoms with van der Waals surface area (Å²) in [7, 11) is 1.63. The Labute approximate surface area is 83.0 Å². The zero-order valence-electron chi connectivity index (χ0n) is 8.08. The van der Waals surface area contributed by atoms with Crippen molar-refractivity contribution < 1.29 is 14.6 Å². The first-order valence-electron chi connectivity index (χ1n) is 4.17. The maximum absolute atomic E-state index is 11.1. The summed E-state index contributed by atoms with van der Waals surface area (Å²) in [6.45, 7) is 2.40. The van der Waals surface area contributed by atoms with Gasteiger partial charge in [-0.2, -0.15) is 0 Å². The molecule has 0 fully saturated rings. The number of hydrogen-bond donors (Lipinski definition) is 2. The van der Waals surface area contributed by atoms with Crippen LogP contribution in [0.25, 0.3) is 0 Å². The average Bonchev–Trinajstić information content (AvgIpc) is 2.12. The number of amides is 1. The zero-order chi connectivity index (χ0) is 10.1. The van der Waals surface area contributed by atoms with Gasteiger partial charge in [-0.25, -0.2) is 0 Å². The van der Waals surface area contributed by atoms with Crippen molar-refractivity contribution in [3.05, 3.63) is 0 Å². The monoisotopic (exact) mass is 207 g/mol. The minimum absolute atomic E-state index is 0.0194. The van der Waals surface area contributed by atoms with E-state index in [9.17, 15) is 4.79 Å². The third-order valence-corrected chi connectivity index (χ3v) is 2.27. The highest BCUT2D eigenvalue weighted by Gasteiger charge is 2.05. The van der Waals surface area contributed by atoms with Gasteiger partial charge in [0.2, 0.25) is 5.91 Å². The van der Waals surface area contributed by atoms with E-state index in [0.717, 1.165) is 5.75 Å². The van der Waals surface area contributed by atoms with Crippen LogP contribution < -0.4 is 5.32 Å². The predicted molar refractivity (Wildman–Crippen MR) is 53.9 cm³/mol. The van der Waals surface area contributed by atoms with E-state index < -0.39 is 0 Å². The number of rotatable bonds is 7. The Hall–Kier alpha value is -0.260. The fraction of sp³-hybridized carbons (Fsp3) is 0.875. The van der Waals surface area contributed by atoms with Gasteiger partial charge in [-0.1, -0.05) is 0 Å². The van der Waals surface area contributed by atoms with Crippen LogP contribution in [0.1, 0.15) is 6.92 Å². The molecule has 0 aliphatic carbocycles. The van der Waals surface area contributed by atoms with Gasteiger partial charge in [0.15, 0.2) is 0 Å². The van der Waals surface area contributed by atoms with Gasteiger partial charge in [-0.05, 0) is 6.92 Å². The number of aliphatic hydroxyl groups is 1. The largest absolute Gasteiger partial charge is 0.394 e. The lowest BCUT2D eigenvalue weighted by atomic mass is 10.4. The van der Waals surface area contributed by atoms with E-state index in [-0.39, 0.29) is 18.6 Å². The van der Waals surface area contributed by atoms with Crippen LogP contribution in [0.5, 0.6) is 0 Å². The van der Waals surface area contributed by atoms with Gasteiger partial charge in [0.1, 0.15) is 0 Å². The molecule has 0 saturated carbocycles. The minimum atomic E-state index is -0.157. The van der Waals surface area contributed by atoms with Gasteiger partial charge < -0.3 is 15.2 Å². The molecule has 2 N–H and O–H groups in total. The van der Waals surface area contributed by atoms with Crippen LogP contribution in [0.2, 0.25) is 0 Å². The number of ether oxygens (including phenoxy) is 1. The van der Waals surface area contributed by atoms with Gasteiger partial charge in [0, 0.05) is 18.9 Å².